The molecule has 0 aliphatic heterocycles. The maximum absolute atomic E-state index is 12.1. The smallest absolute Gasteiger partial charge is 0.338 e. The zero-order valence-electron chi connectivity index (χ0n) is 16.2. The minimum atomic E-state index is -0.243. The molecule has 2 aromatic carbocycles. The highest BCUT2D eigenvalue weighted by molar-refractivity contribution is 7.98. The van der Waals surface area contributed by atoms with E-state index in [2.05, 4.69) is 46.3 Å². The summed E-state index contributed by atoms with van der Waals surface area (Å²) in [4.78, 5) is 16.6. The SMILES string of the molecule is CC(C)c1ccc(-c2noc(CSc3n[nH]c(=O)n3Cc3ccccc3)n2)cc1. The Morgan fingerprint density at radius 2 is 1.86 bits per heavy atom. The van der Waals surface area contributed by atoms with Crippen LogP contribution in [0.25, 0.3) is 11.4 Å². The molecule has 0 bridgehead atoms. The van der Waals surface area contributed by atoms with Crippen LogP contribution in [0.3, 0.4) is 0 Å². The van der Waals surface area contributed by atoms with Crippen molar-refractivity contribution in [3.63, 3.8) is 0 Å². The van der Waals surface area contributed by atoms with Crippen molar-refractivity contribution in [3.8, 4) is 11.4 Å². The predicted molar refractivity (Wildman–Crippen MR) is 112 cm³/mol. The summed E-state index contributed by atoms with van der Waals surface area (Å²) in [5.41, 5.74) is 2.97. The van der Waals surface area contributed by atoms with Gasteiger partial charge in [0, 0.05) is 5.56 Å². The van der Waals surface area contributed by atoms with Gasteiger partial charge in [0.25, 0.3) is 0 Å². The molecule has 0 spiro atoms. The summed E-state index contributed by atoms with van der Waals surface area (Å²) < 4.78 is 6.98. The fourth-order valence-corrected chi connectivity index (χ4v) is 3.68. The van der Waals surface area contributed by atoms with Crippen LogP contribution in [0.4, 0.5) is 0 Å². The normalized spacial score (nSPS) is 11.3. The van der Waals surface area contributed by atoms with E-state index >= 15 is 0 Å². The van der Waals surface area contributed by atoms with Gasteiger partial charge in [-0.3, -0.25) is 4.57 Å². The maximum Gasteiger partial charge on any atom is 0.344 e. The molecule has 1 N–H and O–H groups in total. The van der Waals surface area contributed by atoms with Crippen LogP contribution in [-0.2, 0) is 12.3 Å². The van der Waals surface area contributed by atoms with Crippen LogP contribution in [-0.4, -0.2) is 24.9 Å². The van der Waals surface area contributed by atoms with Gasteiger partial charge in [0.05, 0.1) is 12.3 Å². The van der Waals surface area contributed by atoms with Gasteiger partial charge in [-0.2, -0.15) is 4.98 Å². The lowest BCUT2D eigenvalue weighted by Crippen LogP contribution is -2.18. The Morgan fingerprint density at radius 3 is 2.59 bits per heavy atom. The highest BCUT2D eigenvalue weighted by atomic mass is 32.2. The summed E-state index contributed by atoms with van der Waals surface area (Å²) in [6.45, 7) is 4.77. The number of H-pyrrole nitrogens is 1. The first kappa shape index (κ1) is 19.2. The van der Waals surface area contributed by atoms with Crippen LogP contribution < -0.4 is 5.69 Å². The van der Waals surface area contributed by atoms with Crippen molar-refractivity contribution in [3.05, 3.63) is 82.1 Å². The van der Waals surface area contributed by atoms with E-state index in [1.54, 1.807) is 4.57 Å². The van der Waals surface area contributed by atoms with Crippen molar-refractivity contribution >= 4 is 11.8 Å². The zero-order valence-corrected chi connectivity index (χ0v) is 17.0. The fraction of sp³-hybridized carbons (Fsp3) is 0.238. The average molecular weight is 407 g/mol. The van der Waals surface area contributed by atoms with Crippen molar-refractivity contribution < 1.29 is 4.52 Å². The van der Waals surface area contributed by atoms with Crippen LogP contribution in [0, 0.1) is 0 Å². The third-order valence-electron chi connectivity index (χ3n) is 4.54. The Labute approximate surface area is 172 Å². The van der Waals surface area contributed by atoms with Crippen LogP contribution in [0.1, 0.15) is 36.8 Å². The van der Waals surface area contributed by atoms with Crippen LogP contribution >= 0.6 is 11.8 Å². The number of aromatic nitrogens is 5. The maximum atomic E-state index is 12.1. The second-order valence-electron chi connectivity index (χ2n) is 6.96. The molecule has 0 aliphatic carbocycles. The van der Waals surface area contributed by atoms with Gasteiger partial charge in [0.1, 0.15) is 0 Å². The molecular weight excluding hydrogens is 386 g/mol. The Balaban J connectivity index is 1.45. The predicted octanol–water partition coefficient (Wildman–Crippen LogP) is 4.09. The molecule has 2 heterocycles. The number of hydrogen-bond acceptors (Lipinski definition) is 6. The first-order chi connectivity index (χ1) is 14.1. The Bertz CT molecular complexity index is 1130. The molecule has 0 saturated carbocycles. The van der Waals surface area contributed by atoms with Crippen molar-refractivity contribution in [2.75, 3.05) is 0 Å². The van der Waals surface area contributed by atoms with Crippen molar-refractivity contribution in [1.29, 1.82) is 0 Å². The summed E-state index contributed by atoms with van der Waals surface area (Å²) in [6, 6.07) is 18.0. The molecule has 0 unspecified atom stereocenters. The molecule has 0 radical (unpaired) electrons. The van der Waals surface area contributed by atoms with Crippen LogP contribution in [0.5, 0.6) is 0 Å². The number of nitrogens with one attached hydrogen (secondary N) is 1. The van der Waals surface area contributed by atoms with Gasteiger partial charge in [-0.1, -0.05) is 85.4 Å². The largest absolute Gasteiger partial charge is 0.344 e. The monoisotopic (exact) mass is 407 g/mol. The lowest BCUT2D eigenvalue weighted by molar-refractivity contribution is 0.391. The average Bonchev–Trinajstić information content (AvgIpc) is 3.35. The summed E-state index contributed by atoms with van der Waals surface area (Å²) >= 11 is 1.38. The third-order valence-corrected chi connectivity index (χ3v) is 5.50. The second kappa shape index (κ2) is 8.48. The molecule has 4 rings (SSSR count). The summed E-state index contributed by atoms with van der Waals surface area (Å²) in [5.74, 6) is 1.94. The van der Waals surface area contributed by atoms with E-state index in [1.807, 2.05) is 42.5 Å². The molecule has 2 aromatic heterocycles. The molecule has 0 fully saturated rings. The summed E-state index contributed by atoms with van der Waals surface area (Å²) in [6.07, 6.45) is 0. The van der Waals surface area contributed by atoms with E-state index in [9.17, 15) is 4.79 Å². The molecule has 0 aliphatic rings. The molecule has 0 atom stereocenters. The highest BCUT2D eigenvalue weighted by Gasteiger charge is 2.14. The summed E-state index contributed by atoms with van der Waals surface area (Å²) in [5, 5.41) is 11.3. The van der Waals surface area contributed by atoms with Crippen molar-refractivity contribution in [2.24, 2.45) is 0 Å². The minimum Gasteiger partial charge on any atom is -0.338 e. The number of nitrogens with zero attached hydrogens (tertiary/aromatic N) is 4. The van der Waals surface area contributed by atoms with Crippen molar-refractivity contribution in [1.82, 2.24) is 24.9 Å². The molecule has 0 amide bonds. The number of hydrogen-bond donors (Lipinski definition) is 1. The Morgan fingerprint density at radius 1 is 1.10 bits per heavy atom. The van der Waals surface area contributed by atoms with Gasteiger partial charge in [0.2, 0.25) is 11.7 Å². The first-order valence-electron chi connectivity index (χ1n) is 9.35. The van der Waals surface area contributed by atoms with E-state index in [4.69, 9.17) is 4.52 Å². The van der Waals surface area contributed by atoms with Gasteiger partial charge in [-0.05, 0) is 17.0 Å². The Hall–Kier alpha value is -3.13. The van der Waals surface area contributed by atoms with Gasteiger partial charge in [-0.15, -0.1) is 5.10 Å². The standard InChI is InChI=1S/C21H21N5O2S/c1-14(2)16-8-10-17(11-9-16)19-22-18(28-25-19)13-29-21-24-23-20(27)26(21)12-15-6-4-3-5-7-15/h3-11,14H,12-13H2,1-2H3,(H,23,27). The van der Waals surface area contributed by atoms with E-state index < -0.39 is 0 Å². The molecule has 7 nitrogen and oxygen atoms in total. The number of thioether (sulfide) groups is 1. The lowest BCUT2D eigenvalue weighted by atomic mass is 10.0. The van der Waals surface area contributed by atoms with E-state index in [1.165, 1.54) is 17.3 Å². The second-order valence-corrected chi connectivity index (χ2v) is 7.90. The zero-order chi connectivity index (χ0) is 20.2. The van der Waals surface area contributed by atoms with E-state index in [-0.39, 0.29) is 5.69 Å². The van der Waals surface area contributed by atoms with E-state index in [0.29, 0.717) is 35.1 Å². The lowest BCUT2D eigenvalue weighted by Gasteiger charge is -2.04. The molecular formula is C21H21N5O2S. The van der Waals surface area contributed by atoms with Gasteiger partial charge in [0.15, 0.2) is 5.16 Å². The summed E-state index contributed by atoms with van der Waals surface area (Å²) in [7, 11) is 0. The van der Waals surface area contributed by atoms with Gasteiger partial charge < -0.3 is 4.52 Å². The number of aromatic amines is 1. The van der Waals surface area contributed by atoms with Crippen molar-refractivity contribution in [2.45, 2.75) is 37.2 Å². The third kappa shape index (κ3) is 4.48. The number of benzene rings is 2. The quantitative estimate of drug-likeness (QED) is 0.464. The minimum absolute atomic E-state index is 0.243. The fourth-order valence-electron chi connectivity index (χ4n) is 2.89. The molecule has 4 aromatic rings. The highest BCUT2D eigenvalue weighted by Crippen LogP contribution is 2.23. The molecule has 148 valence electrons. The van der Waals surface area contributed by atoms with Crippen LogP contribution in [0.2, 0.25) is 0 Å². The van der Waals surface area contributed by atoms with E-state index in [0.717, 1.165) is 11.1 Å². The van der Waals surface area contributed by atoms with Crippen LogP contribution in [0.15, 0.2) is 69.1 Å². The first-order valence-corrected chi connectivity index (χ1v) is 10.3. The topological polar surface area (TPSA) is 89.6 Å². The molecule has 0 saturated heterocycles. The van der Waals surface area contributed by atoms with Gasteiger partial charge >= 0.3 is 5.69 Å². The van der Waals surface area contributed by atoms with Gasteiger partial charge in [-0.25, -0.2) is 9.89 Å². The molecule has 8 heteroatoms. The molecule has 29 heavy (non-hydrogen) atoms. The number of rotatable bonds is 7. The Kier molecular flexibility index (Phi) is 5.62.